The highest BCUT2D eigenvalue weighted by Crippen LogP contribution is 2.16. The van der Waals surface area contributed by atoms with Gasteiger partial charge in [-0.3, -0.25) is 0 Å². The van der Waals surface area contributed by atoms with Crippen LogP contribution in [0.5, 0.6) is 0 Å². The predicted molar refractivity (Wildman–Crippen MR) is 75.3 cm³/mol. The Balaban J connectivity index is 4.41. The lowest BCUT2D eigenvalue weighted by atomic mass is 9.96. The van der Waals surface area contributed by atoms with E-state index in [9.17, 15) is 15.3 Å². The fraction of sp³-hybridized carbons (Fsp3) is 0.600. The van der Waals surface area contributed by atoms with Gasteiger partial charge < -0.3 is 15.3 Å². The third-order valence-corrected chi connectivity index (χ3v) is 2.60. The van der Waals surface area contributed by atoms with Gasteiger partial charge in [0.15, 0.2) is 0 Å². The van der Waals surface area contributed by atoms with E-state index in [1.54, 1.807) is 19.1 Å². The molecule has 0 aliphatic rings. The van der Waals surface area contributed by atoms with Gasteiger partial charge in [0.05, 0.1) is 17.8 Å². The average Bonchev–Trinajstić information content (AvgIpc) is 2.14. The maximum Gasteiger partial charge on any atom is 0.0824 e. The standard InChI is InChI=1S/C15H26O3/c1-6-15(5,18)10-14(17)9-12(4)8-13(16)7-11(2)3/h6-7,9,13-14,16-18H,1,8,10H2,2-5H3. The van der Waals surface area contributed by atoms with Crippen molar-refractivity contribution in [1.29, 1.82) is 0 Å². The van der Waals surface area contributed by atoms with Gasteiger partial charge in [-0.2, -0.15) is 0 Å². The molecule has 0 aromatic heterocycles. The largest absolute Gasteiger partial charge is 0.389 e. The zero-order chi connectivity index (χ0) is 14.3. The van der Waals surface area contributed by atoms with Gasteiger partial charge in [0, 0.05) is 6.42 Å². The molecule has 0 radical (unpaired) electrons. The van der Waals surface area contributed by atoms with Crippen molar-refractivity contribution in [2.24, 2.45) is 0 Å². The van der Waals surface area contributed by atoms with Gasteiger partial charge in [-0.25, -0.2) is 0 Å². The summed E-state index contributed by atoms with van der Waals surface area (Å²) < 4.78 is 0. The molecule has 0 aromatic carbocycles. The van der Waals surface area contributed by atoms with Crippen LogP contribution in [0.3, 0.4) is 0 Å². The van der Waals surface area contributed by atoms with Crippen molar-refractivity contribution in [3.05, 3.63) is 36.0 Å². The first-order valence-electron chi connectivity index (χ1n) is 6.20. The number of hydrogen-bond acceptors (Lipinski definition) is 3. The van der Waals surface area contributed by atoms with Gasteiger partial charge in [0.25, 0.3) is 0 Å². The highest BCUT2D eigenvalue weighted by Gasteiger charge is 2.19. The van der Waals surface area contributed by atoms with E-state index in [0.717, 1.165) is 11.1 Å². The third kappa shape index (κ3) is 8.23. The molecule has 18 heavy (non-hydrogen) atoms. The van der Waals surface area contributed by atoms with Crippen LogP contribution in [-0.2, 0) is 0 Å². The van der Waals surface area contributed by atoms with Crippen LogP contribution >= 0.6 is 0 Å². The molecule has 3 nitrogen and oxygen atoms in total. The lowest BCUT2D eigenvalue weighted by Gasteiger charge is -2.21. The molecule has 3 unspecified atom stereocenters. The predicted octanol–water partition coefficient (Wildman–Crippen LogP) is 2.34. The minimum absolute atomic E-state index is 0.201. The summed E-state index contributed by atoms with van der Waals surface area (Å²) in [6.07, 6.45) is 4.28. The zero-order valence-corrected chi connectivity index (χ0v) is 11.8. The normalized spacial score (nSPS) is 18.7. The van der Waals surface area contributed by atoms with Gasteiger partial charge in [0.2, 0.25) is 0 Å². The van der Waals surface area contributed by atoms with E-state index < -0.39 is 17.8 Å². The van der Waals surface area contributed by atoms with Gasteiger partial charge in [-0.05, 0) is 34.1 Å². The fourth-order valence-electron chi connectivity index (χ4n) is 1.74. The Morgan fingerprint density at radius 2 is 1.72 bits per heavy atom. The lowest BCUT2D eigenvalue weighted by Crippen LogP contribution is -2.26. The number of aliphatic hydroxyl groups is 3. The topological polar surface area (TPSA) is 60.7 Å². The van der Waals surface area contributed by atoms with E-state index >= 15 is 0 Å². The monoisotopic (exact) mass is 254 g/mol. The smallest absolute Gasteiger partial charge is 0.0824 e. The molecule has 0 saturated carbocycles. The van der Waals surface area contributed by atoms with E-state index in [0.29, 0.717) is 6.42 Å². The SMILES string of the molecule is C=CC(C)(O)CC(O)C=C(C)CC(O)C=C(C)C. The van der Waals surface area contributed by atoms with Gasteiger partial charge in [-0.15, -0.1) is 6.58 Å². The molecule has 0 aliphatic carbocycles. The molecule has 104 valence electrons. The van der Waals surface area contributed by atoms with Crippen LogP contribution in [0.2, 0.25) is 0 Å². The Morgan fingerprint density at radius 3 is 2.17 bits per heavy atom. The molecule has 0 aromatic rings. The van der Waals surface area contributed by atoms with Crippen LogP contribution in [0.4, 0.5) is 0 Å². The maximum atomic E-state index is 9.80. The Hall–Kier alpha value is -0.900. The van der Waals surface area contributed by atoms with Crippen molar-refractivity contribution in [2.75, 3.05) is 0 Å². The summed E-state index contributed by atoms with van der Waals surface area (Å²) in [6, 6.07) is 0. The highest BCUT2D eigenvalue weighted by atomic mass is 16.3. The molecule has 0 fully saturated rings. The third-order valence-electron chi connectivity index (χ3n) is 2.60. The minimum Gasteiger partial charge on any atom is -0.389 e. The molecule has 0 amide bonds. The second-order valence-corrected chi connectivity index (χ2v) is 5.36. The number of aliphatic hydroxyl groups excluding tert-OH is 2. The molecule has 3 heteroatoms. The van der Waals surface area contributed by atoms with Crippen molar-refractivity contribution >= 4 is 0 Å². The van der Waals surface area contributed by atoms with Gasteiger partial charge >= 0.3 is 0 Å². The summed E-state index contributed by atoms with van der Waals surface area (Å²) in [5.74, 6) is 0. The summed E-state index contributed by atoms with van der Waals surface area (Å²) >= 11 is 0. The molecule has 0 heterocycles. The van der Waals surface area contributed by atoms with E-state index in [1.807, 2.05) is 20.8 Å². The molecule has 0 aliphatic heterocycles. The first-order chi connectivity index (χ1) is 8.16. The van der Waals surface area contributed by atoms with Crippen LogP contribution in [-0.4, -0.2) is 33.1 Å². The second kappa shape index (κ2) is 7.52. The van der Waals surface area contributed by atoms with Crippen molar-refractivity contribution in [3.63, 3.8) is 0 Å². The molecule has 0 saturated heterocycles. The molecule has 0 bridgehead atoms. The molecule has 0 spiro atoms. The van der Waals surface area contributed by atoms with Crippen molar-refractivity contribution in [3.8, 4) is 0 Å². The highest BCUT2D eigenvalue weighted by molar-refractivity contribution is 5.09. The van der Waals surface area contributed by atoms with Crippen molar-refractivity contribution in [1.82, 2.24) is 0 Å². The van der Waals surface area contributed by atoms with Crippen molar-refractivity contribution < 1.29 is 15.3 Å². The Bertz CT molecular complexity index is 323. The Morgan fingerprint density at radius 1 is 1.17 bits per heavy atom. The summed E-state index contributed by atoms with van der Waals surface area (Å²) in [7, 11) is 0. The lowest BCUT2D eigenvalue weighted by molar-refractivity contribution is 0.0573. The number of hydrogen-bond donors (Lipinski definition) is 3. The molecular weight excluding hydrogens is 228 g/mol. The van der Waals surface area contributed by atoms with Crippen LogP contribution in [0, 0.1) is 0 Å². The minimum atomic E-state index is -1.07. The molecule has 3 N–H and O–H groups in total. The van der Waals surface area contributed by atoms with Gasteiger partial charge in [-0.1, -0.05) is 29.4 Å². The Kier molecular flexibility index (Phi) is 7.14. The first kappa shape index (κ1) is 17.1. The Labute approximate surface area is 110 Å². The summed E-state index contributed by atoms with van der Waals surface area (Å²) in [6.45, 7) is 10.8. The van der Waals surface area contributed by atoms with Crippen LogP contribution in [0.25, 0.3) is 0 Å². The first-order valence-corrected chi connectivity index (χ1v) is 6.20. The summed E-state index contributed by atoms with van der Waals surface area (Å²) in [4.78, 5) is 0. The van der Waals surface area contributed by atoms with Crippen LogP contribution < -0.4 is 0 Å². The number of allylic oxidation sites excluding steroid dienone is 1. The molecule has 3 atom stereocenters. The van der Waals surface area contributed by atoms with Gasteiger partial charge in [0.1, 0.15) is 0 Å². The zero-order valence-electron chi connectivity index (χ0n) is 11.8. The van der Waals surface area contributed by atoms with E-state index in [-0.39, 0.29) is 6.42 Å². The summed E-state index contributed by atoms with van der Waals surface area (Å²) in [5.41, 5.74) is 0.882. The van der Waals surface area contributed by atoms with E-state index in [1.165, 1.54) is 6.08 Å². The van der Waals surface area contributed by atoms with E-state index in [4.69, 9.17) is 0 Å². The second-order valence-electron chi connectivity index (χ2n) is 5.36. The fourth-order valence-corrected chi connectivity index (χ4v) is 1.74. The number of rotatable bonds is 7. The van der Waals surface area contributed by atoms with Crippen LogP contribution in [0.1, 0.15) is 40.5 Å². The molecule has 0 rings (SSSR count). The quantitative estimate of drug-likeness (QED) is 0.611. The van der Waals surface area contributed by atoms with Crippen LogP contribution in [0.15, 0.2) is 36.0 Å². The maximum absolute atomic E-state index is 9.80. The van der Waals surface area contributed by atoms with Crippen molar-refractivity contribution in [2.45, 2.75) is 58.3 Å². The summed E-state index contributed by atoms with van der Waals surface area (Å²) in [5, 5.41) is 29.3. The average molecular weight is 254 g/mol. The van der Waals surface area contributed by atoms with E-state index in [2.05, 4.69) is 6.58 Å². The molecular formula is C15H26O3.